The Morgan fingerprint density at radius 1 is 1.50 bits per heavy atom. The number of aliphatic hydroxyl groups excluding tert-OH is 3. The van der Waals surface area contributed by atoms with Crippen molar-refractivity contribution in [2.24, 2.45) is 0 Å². The Hall–Kier alpha value is -0.490. The molecule has 0 aliphatic rings. The molecule has 0 spiro atoms. The lowest BCUT2D eigenvalue weighted by molar-refractivity contribution is -0.141. The van der Waals surface area contributed by atoms with Crippen molar-refractivity contribution in [2.45, 2.75) is 25.2 Å². The monoisotopic (exact) mass is 178 g/mol. The average molecular weight is 178 g/mol. The summed E-state index contributed by atoms with van der Waals surface area (Å²) in [6.07, 6.45) is -3.70. The summed E-state index contributed by atoms with van der Waals surface area (Å²) in [4.78, 5) is 10.6. The van der Waals surface area contributed by atoms with Gasteiger partial charge in [-0.25, -0.2) is 0 Å². The Balaban J connectivity index is 4.23. The molecule has 0 heterocycles. The topological polar surface area (TPSA) is 87.0 Å². The molecule has 5 heteroatoms. The van der Waals surface area contributed by atoms with Crippen LogP contribution in [0.25, 0.3) is 0 Å². The lowest BCUT2D eigenvalue weighted by Gasteiger charge is -2.23. The van der Waals surface area contributed by atoms with Crippen LogP contribution < -0.4 is 0 Å². The third kappa shape index (κ3) is 2.86. The van der Waals surface area contributed by atoms with Gasteiger partial charge in [-0.3, -0.25) is 4.79 Å². The number of hydrogen-bond donors (Lipinski definition) is 3. The van der Waals surface area contributed by atoms with E-state index in [-0.39, 0.29) is 0 Å². The van der Waals surface area contributed by atoms with Gasteiger partial charge in [-0.05, 0) is 6.92 Å². The van der Waals surface area contributed by atoms with Gasteiger partial charge in [0.1, 0.15) is 18.3 Å². The summed E-state index contributed by atoms with van der Waals surface area (Å²) in [6.45, 7) is 0.629. The van der Waals surface area contributed by atoms with Crippen LogP contribution >= 0.6 is 0 Å². The van der Waals surface area contributed by atoms with Gasteiger partial charge >= 0.3 is 0 Å². The number of ether oxygens (including phenoxy) is 1. The highest BCUT2D eigenvalue weighted by Gasteiger charge is 2.29. The number of ketones is 1. The van der Waals surface area contributed by atoms with Crippen LogP contribution in [-0.2, 0) is 9.53 Å². The molecule has 0 unspecified atom stereocenters. The maximum Gasteiger partial charge on any atom is 0.160 e. The molecule has 0 saturated heterocycles. The molecule has 0 aromatic rings. The van der Waals surface area contributed by atoms with E-state index < -0.39 is 30.7 Å². The highest BCUT2D eigenvalue weighted by Crippen LogP contribution is 2.05. The van der Waals surface area contributed by atoms with Crippen LogP contribution in [0, 0.1) is 0 Å². The quantitative estimate of drug-likeness (QED) is 0.467. The number of aliphatic hydroxyl groups is 3. The van der Waals surface area contributed by atoms with E-state index in [9.17, 15) is 4.79 Å². The summed E-state index contributed by atoms with van der Waals surface area (Å²) in [5.74, 6) is -0.505. The zero-order valence-corrected chi connectivity index (χ0v) is 7.10. The molecule has 0 aromatic carbocycles. The number of rotatable bonds is 5. The van der Waals surface area contributed by atoms with E-state index in [1.807, 2.05) is 0 Å². The molecule has 5 nitrogen and oxygen atoms in total. The summed E-state index contributed by atoms with van der Waals surface area (Å²) < 4.78 is 4.65. The number of carbonyl (C=O) groups excluding carboxylic acids is 1. The Kier molecular flexibility index (Phi) is 5.00. The number of methoxy groups -OCH3 is 1. The molecule has 3 atom stereocenters. The van der Waals surface area contributed by atoms with E-state index in [2.05, 4.69) is 4.74 Å². The number of Topliss-reactive ketones (excluding diaryl/α,β-unsaturated/α-hetero) is 1. The van der Waals surface area contributed by atoms with Crippen molar-refractivity contribution in [1.29, 1.82) is 0 Å². The molecule has 0 aliphatic heterocycles. The fourth-order valence-electron chi connectivity index (χ4n) is 0.832. The highest BCUT2D eigenvalue weighted by atomic mass is 16.5. The van der Waals surface area contributed by atoms with Crippen LogP contribution in [0.3, 0.4) is 0 Å². The van der Waals surface area contributed by atoms with Gasteiger partial charge in [0.25, 0.3) is 0 Å². The van der Waals surface area contributed by atoms with E-state index in [1.165, 1.54) is 14.0 Å². The first kappa shape index (κ1) is 11.5. The second-order valence-corrected chi connectivity index (χ2v) is 2.51. The summed E-state index contributed by atoms with van der Waals surface area (Å²) in [6, 6.07) is 0. The van der Waals surface area contributed by atoms with E-state index in [0.29, 0.717) is 0 Å². The first-order valence-corrected chi connectivity index (χ1v) is 3.54. The van der Waals surface area contributed by atoms with Crippen LogP contribution in [0.15, 0.2) is 0 Å². The summed E-state index contributed by atoms with van der Waals surface area (Å²) in [7, 11) is 1.25. The van der Waals surface area contributed by atoms with E-state index in [4.69, 9.17) is 15.3 Å². The third-order valence-electron chi connectivity index (χ3n) is 1.57. The maximum atomic E-state index is 10.6. The van der Waals surface area contributed by atoms with Crippen LogP contribution in [-0.4, -0.2) is 53.1 Å². The molecule has 0 fully saturated rings. The molecule has 0 aromatic heterocycles. The van der Waals surface area contributed by atoms with Gasteiger partial charge in [0.2, 0.25) is 0 Å². The molecule has 72 valence electrons. The predicted octanol–water partition coefficient (Wildman–Crippen LogP) is -1.70. The highest BCUT2D eigenvalue weighted by molar-refractivity contribution is 5.80. The fraction of sp³-hybridized carbons (Fsp3) is 0.857. The van der Waals surface area contributed by atoms with Gasteiger partial charge in [0.05, 0.1) is 6.61 Å². The summed E-state index contributed by atoms with van der Waals surface area (Å²) in [5, 5.41) is 26.7. The Morgan fingerprint density at radius 3 is 2.25 bits per heavy atom. The second kappa shape index (κ2) is 5.21. The van der Waals surface area contributed by atoms with E-state index in [0.717, 1.165) is 0 Å². The van der Waals surface area contributed by atoms with Crippen molar-refractivity contribution in [3.05, 3.63) is 0 Å². The number of carbonyl (C=O) groups is 1. The van der Waals surface area contributed by atoms with E-state index in [1.54, 1.807) is 0 Å². The first-order valence-electron chi connectivity index (χ1n) is 3.54. The zero-order valence-electron chi connectivity index (χ0n) is 7.10. The minimum atomic E-state index is -1.39. The van der Waals surface area contributed by atoms with Crippen molar-refractivity contribution in [1.82, 2.24) is 0 Å². The molecule has 0 radical (unpaired) electrons. The maximum absolute atomic E-state index is 10.6. The lowest BCUT2D eigenvalue weighted by atomic mass is 10.1. The van der Waals surface area contributed by atoms with Crippen molar-refractivity contribution in [3.8, 4) is 0 Å². The Morgan fingerprint density at radius 2 is 2.00 bits per heavy atom. The first-order chi connectivity index (χ1) is 5.54. The van der Waals surface area contributed by atoms with Crippen LogP contribution in [0.1, 0.15) is 6.92 Å². The summed E-state index contributed by atoms with van der Waals surface area (Å²) >= 11 is 0. The second-order valence-electron chi connectivity index (χ2n) is 2.51. The van der Waals surface area contributed by atoms with Crippen LogP contribution in [0.5, 0.6) is 0 Å². The lowest BCUT2D eigenvalue weighted by Crippen LogP contribution is -2.44. The fourth-order valence-corrected chi connectivity index (χ4v) is 0.832. The van der Waals surface area contributed by atoms with Crippen molar-refractivity contribution in [2.75, 3.05) is 13.7 Å². The van der Waals surface area contributed by atoms with Gasteiger partial charge in [0.15, 0.2) is 5.78 Å². The molecule has 0 aliphatic carbocycles. The van der Waals surface area contributed by atoms with Gasteiger partial charge in [-0.1, -0.05) is 0 Å². The smallest absolute Gasteiger partial charge is 0.160 e. The van der Waals surface area contributed by atoms with Crippen molar-refractivity contribution < 1.29 is 24.9 Å². The van der Waals surface area contributed by atoms with Gasteiger partial charge in [-0.2, -0.15) is 0 Å². The third-order valence-corrected chi connectivity index (χ3v) is 1.57. The van der Waals surface area contributed by atoms with Crippen molar-refractivity contribution >= 4 is 5.78 Å². The molecule has 12 heavy (non-hydrogen) atoms. The van der Waals surface area contributed by atoms with Crippen molar-refractivity contribution in [3.63, 3.8) is 0 Å². The molecular formula is C7H14O5. The minimum absolute atomic E-state index is 0.505. The summed E-state index contributed by atoms with van der Waals surface area (Å²) in [5.41, 5.74) is 0. The van der Waals surface area contributed by atoms with Gasteiger partial charge in [0, 0.05) is 7.11 Å². The van der Waals surface area contributed by atoms with Crippen LogP contribution in [0.2, 0.25) is 0 Å². The molecule has 0 amide bonds. The molecular weight excluding hydrogens is 164 g/mol. The van der Waals surface area contributed by atoms with Gasteiger partial charge < -0.3 is 20.1 Å². The minimum Gasteiger partial charge on any atom is -0.394 e. The Bertz CT molecular complexity index is 147. The predicted molar refractivity (Wildman–Crippen MR) is 40.6 cm³/mol. The number of hydrogen-bond acceptors (Lipinski definition) is 5. The van der Waals surface area contributed by atoms with Crippen LogP contribution in [0.4, 0.5) is 0 Å². The molecule has 0 rings (SSSR count). The molecule has 0 saturated carbocycles. The van der Waals surface area contributed by atoms with E-state index >= 15 is 0 Å². The SMILES string of the molecule is CO[C@@H]([C@H](O)CO)[C@@H](O)C(C)=O. The largest absolute Gasteiger partial charge is 0.394 e. The zero-order chi connectivity index (χ0) is 9.72. The molecule has 3 N–H and O–H groups in total. The average Bonchev–Trinajstić information content (AvgIpc) is 2.05. The van der Waals surface area contributed by atoms with Gasteiger partial charge in [-0.15, -0.1) is 0 Å². The normalized spacial score (nSPS) is 18.4. The molecule has 0 bridgehead atoms. The standard InChI is InChI=1S/C7H14O5/c1-4(9)6(11)7(12-2)5(10)3-8/h5-8,10-11H,3H2,1-2H3/t5-,6+,7+/m1/s1. The Labute approximate surface area is 70.6 Å².